The minimum absolute atomic E-state index is 0.0457. The topological polar surface area (TPSA) is 32.3 Å². The summed E-state index contributed by atoms with van der Waals surface area (Å²) >= 11 is 0. The van der Waals surface area contributed by atoms with Gasteiger partial charge in [0.2, 0.25) is 5.91 Å². The van der Waals surface area contributed by atoms with Gasteiger partial charge in [-0.2, -0.15) is 0 Å². The van der Waals surface area contributed by atoms with Gasteiger partial charge in [0.1, 0.15) is 0 Å². The van der Waals surface area contributed by atoms with Gasteiger partial charge in [-0.05, 0) is 24.7 Å². The van der Waals surface area contributed by atoms with Crippen LogP contribution in [0.15, 0.2) is 0 Å². The highest BCUT2D eigenvalue weighted by molar-refractivity contribution is 5.85. The molecule has 0 bridgehead atoms. The van der Waals surface area contributed by atoms with E-state index in [0.29, 0.717) is 30.0 Å². The van der Waals surface area contributed by atoms with E-state index in [1.807, 2.05) is 0 Å². The largest absolute Gasteiger partial charge is 0.323 e. The van der Waals surface area contributed by atoms with E-state index in [4.69, 9.17) is 0 Å². The Morgan fingerprint density at radius 1 is 1.50 bits per heavy atom. The normalized spacial score (nSPS) is 38.6. The van der Waals surface area contributed by atoms with E-state index < -0.39 is 0 Å². The van der Waals surface area contributed by atoms with Gasteiger partial charge in [-0.25, -0.2) is 0 Å². The van der Waals surface area contributed by atoms with Crippen LogP contribution < -0.4 is 5.32 Å². The van der Waals surface area contributed by atoms with Crippen LogP contribution in [0.5, 0.6) is 0 Å². The maximum Gasteiger partial charge on any atom is 0.241 e. The van der Waals surface area contributed by atoms with Gasteiger partial charge in [0.15, 0.2) is 0 Å². The zero-order valence-corrected chi connectivity index (χ0v) is 10.9. The minimum Gasteiger partial charge on any atom is -0.323 e. The molecule has 1 N–H and O–H groups in total. The van der Waals surface area contributed by atoms with Gasteiger partial charge in [0.05, 0.1) is 12.2 Å². The van der Waals surface area contributed by atoms with Gasteiger partial charge in [0.25, 0.3) is 0 Å². The second-order valence-electron chi connectivity index (χ2n) is 5.72. The number of rotatable bonds is 4. The summed E-state index contributed by atoms with van der Waals surface area (Å²) in [6.07, 6.45) is 3.70. The first-order valence-corrected chi connectivity index (χ1v) is 6.64. The lowest BCUT2D eigenvalue weighted by Crippen LogP contribution is -2.39. The Kier molecular flexibility index (Phi) is 3.24. The summed E-state index contributed by atoms with van der Waals surface area (Å²) in [5.41, 5.74) is 0. The third kappa shape index (κ3) is 1.97. The summed E-state index contributed by atoms with van der Waals surface area (Å²) in [5.74, 6) is 1.43. The fourth-order valence-electron chi connectivity index (χ4n) is 2.73. The first kappa shape index (κ1) is 11.9. The fourth-order valence-corrected chi connectivity index (χ4v) is 2.73. The van der Waals surface area contributed by atoms with Crippen molar-refractivity contribution in [3.8, 4) is 0 Å². The van der Waals surface area contributed by atoms with Gasteiger partial charge in [0, 0.05) is 6.04 Å². The Labute approximate surface area is 98.6 Å². The molecule has 1 aliphatic heterocycles. The van der Waals surface area contributed by atoms with Crippen molar-refractivity contribution in [3.63, 3.8) is 0 Å². The van der Waals surface area contributed by atoms with Crippen LogP contribution in [0.3, 0.4) is 0 Å². The third-order valence-electron chi connectivity index (χ3n) is 3.88. The third-order valence-corrected chi connectivity index (χ3v) is 3.88. The van der Waals surface area contributed by atoms with Crippen molar-refractivity contribution >= 4 is 5.91 Å². The Morgan fingerprint density at radius 3 is 2.56 bits per heavy atom. The van der Waals surface area contributed by atoms with E-state index in [1.165, 1.54) is 6.42 Å². The number of hydrogen-bond acceptors (Lipinski definition) is 2. The molecule has 2 aliphatic rings. The standard InChI is InChI=1S/C13H24N2O/c1-5-6-11-14-12(8(2)3)13(16)15(11)10-7-9(10)4/h8-12,14H,5-7H2,1-4H3. The number of hydrogen-bond donors (Lipinski definition) is 1. The Hall–Kier alpha value is -0.570. The molecule has 1 heterocycles. The number of amides is 1. The molecule has 4 atom stereocenters. The van der Waals surface area contributed by atoms with Crippen molar-refractivity contribution < 1.29 is 4.79 Å². The summed E-state index contributed by atoms with van der Waals surface area (Å²) in [6, 6.07) is 0.560. The second kappa shape index (κ2) is 4.36. The highest BCUT2D eigenvalue weighted by Gasteiger charge is 2.49. The molecule has 0 aromatic carbocycles. The van der Waals surface area contributed by atoms with Crippen molar-refractivity contribution in [2.45, 2.75) is 65.2 Å². The molecule has 2 rings (SSSR count). The van der Waals surface area contributed by atoms with E-state index >= 15 is 0 Å². The Morgan fingerprint density at radius 2 is 2.12 bits per heavy atom. The molecule has 1 aliphatic carbocycles. The predicted molar refractivity (Wildman–Crippen MR) is 64.9 cm³/mol. The van der Waals surface area contributed by atoms with Crippen molar-refractivity contribution in [1.29, 1.82) is 0 Å². The summed E-state index contributed by atoms with van der Waals surface area (Å²) in [4.78, 5) is 14.5. The first-order valence-electron chi connectivity index (χ1n) is 6.64. The number of carbonyl (C=O) groups excluding carboxylic acids is 1. The molecule has 0 spiro atoms. The van der Waals surface area contributed by atoms with Crippen LogP contribution in [0, 0.1) is 11.8 Å². The van der Waals surface area contributed by atoms with Crippen LogP contribution in [0.1, 0.15) is 47.0 Å². The lowest BCUT2D eigenvalue weighted by atomic mass is 10.1. The average molecular weight is 224 g/mol. The Balaban J connectivity index is 2.09. The number of carbonyl (C=O) groups is 1. The smallest absolute Gasteiger partial charge is 0.241 e. The molecule has 0 radical (unpaired) electrons. The Bertz CT molecular complexity index is 277. The molecule has 3 heteroatoms. The molecule has 4 unspecified atom stereocenters. The van der Waals surface area contributed by atoms with Crippen LogP contribution in [-0.4, -0.2) is 29.1 Å². The molecular weight excluding hydrogens is 200 g/mol. The summed E-state index contributed by atoms with van der Waals surface area (Å²) < 4.78 is 0. The van der Waals surface area contributed by atoms with E-state index in [1.54, 1.807) is 0 Å². The van der Waals surface area contributed by atoms with E-state index in [2.05, 4.69) is 37.9 Å². The molecule has 0 aromatic rings. The first-order chi connectivity index (χ1) is 7.56. The predicted octanol–water partition coefficient (Wildman–Crippen LogP) is 1.98. The maximum absolute atomic E-state index is 12.3. The molecular formula is C13H24N2O. The molecule has 3 nitrogen and oxygen atoms in total. The molecule has 1 saturated heterocycles. The van der Waals surface area contributed by atoms with E-state index in [0.717, 1.165) is 12.8 Å². The molecule has 0 aromatic heterocycles. The minimum atomic E-state index is 0.0457. The van der Waals surface area contributed by atoms with Gasteiger partial charge in [-0.15, -0.1) is 0 Å². The molecule has 1 amide bonds. The highest BCUT2D eigenvalue weighted by atomic mass is 16.2. The van der Waals surface area contributed by atoms with Crippen LogP contribution in [0.25, 0.3) is 0 Å². The second-order valence-corrected chi connectivity index (χ2v) is 5.72. The zero-order valence-electron chi connectivity index (χ0n) is 10.9. The summed E-state index contributed by atoms with van der Waals surface area (Å²) in [6.45, 7) is 8.67. The fraction of sp³-hybridized carbons (Fsp3) is 0.923. The van der Waals surface area contributed by atoms with Gasteiger partial charge >= 0.3 is 0 Å². The number of nitrogens with zero attached hydrogens (tertiary/aromatic N) is 1. The van der Waals surface area contributed by atoms with Crippen LogP contribution >= 0.6 is 0 Å². The van der Waals surface area contributed by atoms with E-state index in [9.17, 15) is 4.79 Å². The monoisotopic (exact) mass is 224 g/mol. The van der Waals surface area contributed by atoms with Crippen LogP contribution in [0.2, 0.25) is 0 Å². The van der Waals surface area contributed by atoms with Crippen molar-refractivity contribution in [3.05, 3.63) is 0 Å². The van der Waals surface area contributed by atoms with Crippen LogP contribution in [-0.2, 0) is 4.79 Å². The SMILES string of the molecule is CCCC1NC(C(C)C)C(=O)N1C1CC1C. The quantitative estimate of drug-likeness (QED) is 0.792. The summed E-state index contributed by atoms with van der Waals surface area (Å²) in [7, 11) is 0. The van der Waals surface area contributed by atoms with Crippen LogP contribution in [0.4, 0.5) is 0 Å². The van der Waals surface area contributed by atoms with Gasteiger partial charge in [-0.1, -0.05) is 34.1 Å². The van der Waals surface area contributed by atoms with Gasteiger partial charge < -0.3 is 4.90 Å². The maximum atomic E-state index is 12.3. The molecule has 16 heavy (non-hydrogen) atoms. The van der Waals surface area contributed by atoms with Crippen molar-refractivity contribution in [1.82, 2.24) is 10.2 Å². The highest BCUT2D eigenvalue weighted by Crippen LogP contribution is 2.39. The van der Waals surface area contributed by atoms with Gasteiger partial charge in [-0.3, -0.25) is 10.1 Å². The molecule has 2 fully saturated rings. The average Bonchev–Trinajstić information content (AvgIpc) is 2.81. The van der Waals surface area contributed by atoms with E-state index in [-0.39, 0.29) is 6.04 Å². The lowest BCUT2D eigenvalue weighted by Gasteiger charge is -2.24. The van der Waals surface area contributed by atoms with Crippen molar-refractivity contribution in [2.24, 2.45) is 11.8 Å². The molecule has 92 valence electrons. The molecule has 1 saturated carbocycles. The number of nitrogens with one attached hydrogen (secondary N) is 1. The summed E-state index contributed by atoms with van der Waals surface area (Å²) in [5, 5.41) is 3.51. The van der Waals surface area contributed by atoms with Crippen molar-refractivity contribution in [2.75, 3.05) is 0 Å². The zero-order chi connectivity index (χ0) is 11.9. The lowest BCUT2D eigenvalue weighted by molar-refractivity contribution is -0.131.